The Labute approximate surface area is 219 Å². The molecule has 7 heteroatoms. The molecule has 4 aliphatic rings. The van der Waals surface area contributed by atoms with E-state index in [0.717, 1.165) is 60.7 Å². The van der Waals surface area contributed by atoms with Gasteiger partial charge in [0.05, 0.1) is 5.39 Å². The predicted molar refractivity (Wildman–Crippen MR) is 143 cm³/mol. The molecule has 1 aromatic carbocycles. The topological polar surface area (TPSA) is 72.2 Å². The second-order valence-electron chi connectivity index (χ2n) is 12.2. The molecule has 1 aromatic heterocycles. The minimum Gasteiger partial charge on any atom is -0.487 e. The zero-order valence-corrected chi connectivity index (χ0v) is 22.6. The number of nitrogens with zero attached hydrogens (tertiary/aromatic N) is 2. The van der Waals surface area contributed by atoms with Crippen molar-refractivity contribution in [3.8, 4) is 11.5 Å². The third-order valence-electron chi connectivity index (χ3n) is 9.15. The first kappa shape index (κ1) is 24.8. The molecule has 1 amide bonds. The first-order chi connectivity index (χ1) is 17.8. The second kappa shape index (κ2) is 9.64. The second-order valence-corrected chi connectivity index (χ2v) is 12.2. The van der Waals surface area contributed by atoms with Crippen LogP contribution in [0, 0.1) is 5.92 Å². The van der Waals surface area contributed by atoms with Gasteiger partial charge in [-0.25, -0.2) is 4.79 Å². The molecule has 4 heterocycles. The maximum absolute atomic E-state index is 13.2. The van der Waals surface area contributed by atoms with Gasteiger partial charge in [-0.3, -0.25) is 4.79 Å². The van der Waals surface area contributed by atoms with Crippen molar-refractivity contribution in [2.45, 2.75) is 89.7 Å². The summed E-state index contributed by atoms with van der Waals surface area (Å²) in [6, 6.07) is 2.53. The van der Waals surface area contributed by atoms with Crippen LogP contribution in [0.3, 0.4) is 0 Å². The lowest BCUT2D eigenvalue weighted by Gasteiger charge is -2.45. The van der Waals surface area contributed by atoms with Crippen LogP contribution in [0.15, 0.2) is 15.3 Å². The van der Waals surface area contributed by atoms with Crippen molar-refractivity contribution in [2.24, 2.45) is 5.92 Å². The van der Waals surface area contributed by atoms with Crippen LogP contribution in [0.2, 0.25) is 0 Å². The van der Waals surface area contributed by atoms with Gasteiger partial charge in [-0.15, -0.1) is 0 Å². The standard InChI is InChI=1S/C30H40N2O5/c1-30(2)13-12-22-24(37-30)16-25(27-20-9-6-10-21(20)29(34)36-28(22)27)35-18-26(33)31(3)17-19-8-7-15-32-14-5-4-11-23(19)32/h16,19,23H,4-15,17-18H2,1-3H3/t19-,23+/m0/s1. The van der Waals surface area contributed by atoms with E-state index in [4.69, 9.17) is 13.9 Å². The molecule has 0 spiro atoms. The minimum absolute atomic E-state index is 0.0194. The van der Waals surface area contributed by atoms with Crippen LogP contribution in [-0.4, -0.2) is 60.6 Å². The molecule has 3 aliphatic heterocycles. The van der Waals surface area contributed by atoms with Gasteiger partial charge in [0.2, 0.25) is 0 Å². The highest BCUT2D eigenvalue weighted by Crippen LogP contribution is 2.44. The van der Waals surface area contributed by atoms with E-state index in [1.54, 1.807) is 0 Å². The lowest BCUT2D eigenvalue weighted by atomic mass is 9.83. The summed E-state index contributed by atoms with van der Waals surface area (Å²) in [7, 11) is 1.90. The molecule has 7 nitrogen and oxygen atoms in total. The summed E-state index contributed by atoms with van der Waals surface area (Å²) in [5.74, 6) is 1.79. The van der Waals surface area contributed by atoms with Crippen LogP contribution in [0.1, 0.15) is 75.5 Å². The molecular weight excluding hydrogens is 468 g/mol. The van der Waals surface area contributed by atoms with Crippen LogP contribution < -0.4 is 15.1 Å². The van der Waals surface area contributed by atoms with Crippen molar-refractivity contribution in [3.05, 3.63) is 33.2 Å². The van der Waals surface area contributed by atoms with Gasteiger partial charge < -0.3 is 23.7 Å². The van der Waals surface area contributed by atoms with Crippen LogP contribution >= 0.6 is 0 Å². The number of hydrogen-bond donors (Lipinski definition) is 0. The molecule has 2 atom stereocenters. The maximum atomic E-state index is 13.2. The van der Waals surface area contributed by atoms with Gasteiger partial charge in [0.15, 0.2) is 6.61 Å². The molecule has 2 saturated heterocycles. The molecule has 200 valence electrons. The highest BCUT2D eigenvalue weighted by Gasteiger charge is 2.35. The fraction of sp³-hybridized carbons (Fsp3) is 0.667. The van der Waals surface area contributed by atoms with Gasteiger partial charge in [0.25, 0.3) is 5.91 Å². The number of benzene rings is 1. The summed E-state index contributed by atoms with van der Waals surface area (Å²) < 4.78 is 18.4. The molecule has 2 fully saturated rings. The Hall–Kier alpha value is -2.54. The van der Waals surface area contributed by atoms with E-state index in [0.29, 0.717) is 29.0 Å². The molecule has 0 bridgehead atoms. The largest absolute Gasteiger partial charge is 0.487 e. The van der Waals surface area contributed by atoms with E-state index in [1.807, 2.05) is 18.0 Å². The number of carbonyl (C=O) groups excluding carboxylic acids is 1. The van der Waals surface area contributed by atoms with Crippen molar-refractivity contribution < 1.29 is 18.7 Å². The first-order valence-electron chi connectivity index (χ1n) is 14.2. The third kappa shape index (κ3) is 4.64. The number of likely N-dealkylation sites (N-methyl/N-ethyl adjacent to an activating group) is 1. The fourth-order valence-corrected chi connectivity index (χ4v) is 7.16. The summed E-state index contributed by atoms with van der Waals surface area (Å²) in [5.41, 5.74) is 2.74. The van der Waals surface area contributed by atoms with E-state index in [-0.39, 0.29) is 23.7 Å². The molecular formula is C30H40N2O5. The lowest BCUT2D eigenvalue weighted by molar-refractivity contribution is -0.133. The number of aryl methyl sites for hydroxylation is 2. The highest BCUT2D eigenvalue weighted by molar-refractivity contribution is 5.93. The Bertz CT molecular complexity index is 1260. The quantitative estimate of drug-likeness (QED) is 0.555. The summed E-state index contributed by atoms with van der Waals surface area (Å²) in [6.07, 6.45) is 10.4. The van der Waals surface area contributed by atoms with Crippen LogP contribution in [-0.2, 0) is 24.1 Å². The lowest BCUT2D eigenvalue weighted by Crippen LogP contribution is -2.51. The summed E-state index contributed by atoms with van der Waals surface area (Å²) in [4.78, 5) is 30.5. The summed E-state index contributed by atoms with van der Waals surface area (Å²) >= 11 is 0. The van der Waals surface area contributed by atoms with Crippen LogP contribution in [0.5, 0.6) is 11.5 Å². The highest BCUT2D eigenvalue weighted by atomic mass is 16.5. The van der Waals surface area contributed by atoms with E-state index in [2.05, 4.69) is 18.7 Å². The van der Waals surface area contributed by atoms with Crippen LogP contribution in [0.4, 0.5) is 0 Å². The molecule has 1 aliphatic carbocycles. The van der Waals surface area contributed by atoms with Gasteiger partial charge in [-0.05, 0) is 96.2 Å². The number of amides is 1. The van der Waals surface area contributed by atoms with Crippen molar-refractivity contribution in [2.75, 3.05) is 33.3 Å². The Balaban J connectivity index is 1.25. The minimum atomic E-state index is -0.308. The van der Waals surface area contributed by atoms with Crippen molar-refractivity contribution in [3.63, 3.8) is 0 Å². The zero-order chi connectivity index (χ0) is 25.7. The smallest absolute Gasteiger partial charge is 0.339 e. The Morgan fingerprint density at radius 3 is 2.76 bits per heavy atom. The fourth-order valence-electron chi connectivity index (χ4n) is 7.16. The number of rotatable bonds is 5. The van der Waals surface area contributed by atoms with Gasteiger partial charge in [-0.1, -0.05) is 6.42 Å². The average molecular weight is 509 g/mol. The first-order valence-corrected chi connectivity index (χ1v) is 14.2. The Morgan fingerprint density at radius 2 is 1.89 bits per heavy atom. The number of ether oxygens (including phenoxy) is 2. The number of piperidine rings is 2. The normalized spacial score (nSPS) is 24.6. The van der Waals surface area contributed by atoms with E-state index in [1.165, 1.54) is 45.2 Å². The number of carbonyl (C=O) groups is 1. The predicted octanol–water partition coefficient (Wildman–Crippen LogP) is 4.49. The van der Waals surface area contributed by atoms with Gasteiger partial charge in [0, 0.05) is 36.8 Å². The molecule has 0 unspecified atom stereocenters. The third-order valence-corrected chi connectivity index (χ3v) is 9.15. The SMILES string of the molecule is CN(C[C@@H]1CCCN2CCCC[C@H]12)C(=O)COc1cc2c(c3oc(=O)c4c(c13)CCC4)CCC(C)(C)O2. The molecule has 0 saturated carbocycles. The van der Waals surface area contributed by atoms with Gasteiger partial charge >= 0.3 is 5.63 Å². The van der Waals surface area contributed by atoms with Crippen molar-refractivity contribution >= 4 is 16.9 Å². The molecule has 0 N–H and O–H groups in total. The zero-order valence-electron chi connectivity index (χ0n) is 22.6. The summed E-state index contributed by atoms with van der Waals surface area (Å²) in [5, 5.41) is 0.856. The Morgan fingerprint density at radius 1 is 1.08 bits per heavy atom. The molecule has 6 rings (SSSR count). The van der Waals surface area contributed by atoms with Crippen molar-refractivity contribution in [1.82, 2.24) is 9.80 Å². The van der Waals surface area contributed by atoms with Crippen LogP contribution in [0.25, 0.3) is 11.0 Å². The maximum Gasteiger partial charge on any atom is 0.339 e. The van der Waals surface area contributed by atoms with E-state index >= 15 is 0 Å². The van der Waals surface area contributed by atoms with E-state index < -0.39 is 0 Å². The van der Waals surface area contributed by atoms with E-state index in [9.17, 15) is 9.59 Å². The summed E-state index contributed by atoms with van der Waals surface area (Å²) in [6.45, 7) is 7.27. The Kier molecular flexibility index (Phi) is 6.46. The molecule has 0 radical (unpaired) electrons. The number of fused-ring (bicyclic) bond motifs is 6. The van der Waals surface area contributed by atoms with Gasteiger partial charge in [-0.2, -0.15) is 0 Å². The molecule has 37 heavy (non-hydrogen) atoms. The number of hydrogen-bond acceptors (Lipinski definition) is 6. The monoisotopic (exact) mass is 508 g/mol. The van der Waals surface area contributed by atoms with Crippen molar-refractivity contribution in [1.29, 1.82) is 0 Å². The van der Waals surface area contributed by atoms with Gasteiger partial charge in [0.1, 0.15) is 22.7 Å². The average Bonchev–Trinajstić information content (AvgIpc) is 3.37. The molecule has 2 aromatic rings.